The second-order valence-electron chi connectivity index (χ2n) is 6.43. The molecule has 0 atom stereocenters. The molecule has 1 amide bonds. The summed E-state index contributed by atoms with van der Waals surface area (Å²) in [4.78, 5) is 12.5. The number of para-hydroxylation sites is 1. The minimum atomic E-state index is -0.238. The van der Waals surface area contributed by atoms with Crippen molar-refractivity contribution in [2.45, 2.75) is 5.16 Å². The molecule has 0 spiro atoms. The molecule has 0 fully saturated rings. The summed E-state index contributed by atoms with van der Waals surface area (Å²) in [6, 6.07) is 18.5. The van der Waals surface area contributed by atoms with Crippen LogP contribution < -0.4 is 10.1 Å². The van der Waals surface area contributed by atoms with Gasteiger partial charge in [-0.05, 0) is 47.8 Å². The number of ether oxygens (including phenoxy) is 1. The molecule has 0 aliphatic rings. The zero-order valence-electron chi connectivity index (χ0n) is 16.8. The molecule has 160 valence electrons. The van der Waals surface area contributed by atoms with Crippen molar-refractivity contribution >= 4 is 45.6 Å². The Balaban J connectivity index is 1.65. The number of carbonyl (C=O) groups is 1. The molecule has 4 rings (SSSR count). The van der Waals surface area contributed by atoms with Crippen molar-refractivity contribution in [3.8, 4) is 28.9 Å². The second-order valence-corrected chi connectivity index (χ2v) is 8.73. The van der Waals surface area contributed by atoms with Crippen LogP contribution >= 0.6 is 34.7 Å². The van der Waals surface area contributed by atoms with E-state index in [1.807, 2.05) is 41.0 Å². The first-order chi connectivity index (χ1) is 15.6. The molecule has 0 aliphatic heterocycles. The first-order valence-electron chi connectivity index (χ1n) is 9.35. The summed E-state index contributed by atoms with van der Waals surface area (Å²) in [6.45, 7) is 0. The van der Waals surface area contributed by atoms with Crippen molar-refractivity contribution in [2.24, 2.45) is 0 Å². The summed E-state index contributed by atoms with van der Waals surface area (Å²) >= 11 is 8.62. The maximum atomic E-state index is 12.5. The first kappa shape index (κ1) is 21.9. The van der Waals surface area contributed by atoms with Crippen LogP contribution in [0.2, 0.25) is 5.02 Å². The van der Waals surface area contributed by atoms with Crippen LogP contribution in [0, 0.1) is 11.3 Å². The van der Waals surface area contributed by atoms with Gasteiger partial charge in [-0.25, -0.2) is 0 Å². The highest BCUT2D eigenvalue weighted by atomic mass is 35.5. The van der Waals surface area contributed by atoms with Crippen LogP contribution in [0.15, 0.2) is 65.1 Å². The van der Waals surface area contributed by atoms with Crippen LogP contribution in [0.4, 0.5) is 5.00 Å². The monoisotopic (exact) mass is 481 g/mol. The van der Waals surface area contributed by atoms with Gasteiger partial charge in [0.1, 0.15) is 16.8 Å². The fourth-order valence-electron chi connectivity index (χ4n) is 2.98. The summed E-state index contributed by atoms with van der Waals surface area (Å²) in [5, 5.41) is 24.1. The van der Waals surface area contributed by atoms with Crippen molar-refractivity contribution < 1.29 is 9.53 Å². The second kappa shape index (κ2) is 9.87. The lowest BCUT2D eigenvalue weighted by Gasteiger charge is -2.12. The fourth-order valence-corrected chi connectivity index (χ4v) is 4.61. The SMILES string of the molecule is COc1ccccc1-c1nnc(SCC(=O)Nc2sccc2C#N)n1-c1ccc(Cl)cc1. The molecule has 32 heavy (non-hydrogen) atoms. The summed E-state index contributed by atoms with van der Waals surface area (Å²) in [5.41, 5.74) is 2.01. The molecular weight excluding hydrogens is 466 g/mol. The van der Waals surface area contributed by atoms with Crippen molar-refractivity contribution in [3.05, 3.63) is 70.6 Å². The number of hydrogen-bond donors (Lipinski definition) is 1. The van der Waals surface area contributed by atoms with Gasteiger partial charge in [-0.1, -0.05) is 35.5 Å². The number of halogens is 1. The highest BCUT2D eigenvalue weighted by Crippen LogP contribution is 2.33. The molecule has 0 aliphatic carbocycles. The Hall–Kier alpha value is -3.32. The van der Waals surface area contributed by atoms with Crippen LogP contribution in [0.25, 0.3) is 17.1 Å². The Labute approximate surface area is 197 Å². The minimum Gasteiger partial charge on any atom is -0.496 e. The van der Waals surface area contributed by atoms with Crippen molar-refractivity contribution in [1.82, 2.24) is 14.8 Å². The molecule has 0 unspecified atom stereocenters. The van der Waals surface area contributed by atoms with Gasteiger partial charge in [0.25, 0.3) is 0 Å². The summed E-state index contributed by atoms with van der Waals surface area (Å²) < 4.78 is 7.36. The number of aromatic nitrogens is 3. The number of methoxy groups -OCH3 is 1. The first-order valence-corrected chi connectivity index (χ1v) is 11.6. The summed E-state index contributed by atoms with van der Waals surface area (Å²) in [6.07, 6.45) is 0. The number of nitrogens with one attached hydrogen (secondary N) is 1. The third-order valence-corrected chi connectivity index (χ3v) is 6.45. The number of carbonyl (C=O) groups excluding carboxylic acids is 1. The lowest BCUT2D eigenvalue weighted by atomic mass is 10.2. The van der Waals surface area contributed by atoms with E-state index in [0.717, 1.165) is 11.3 Å². The molecule has 0 saturated carbocycles. The van der Waals surface area contributed by atoms with E-state index in [2.05, 4.69) is 21.6 Å². The van der Waals surface area contributed by atoms with Crippen LogP contribution in [0.1, 0.15) is 5.56 Å². The average molecular weight is 482 g/mol. The van der Waals surface area contributed by atoms with Gasteiger partial charge in [-0.3, -0.25) is 9.36 Å². The molecule has 2 aromatic carbocycles. The highest BCUT2D eigenvalue weighted by molar-refractivity contribution is 7.99. The van der Waals surface area contributed by atoms with Gasteiger partial charge < -0.3 is 10.1 Å². The van der Waals surface area contributed by atoms with Crippen molar-refractivity contribution in [3.63, 3.8) is 0 Å². The maximum absolute atomic E-state index is 12.5. The number of hydrogen-bond acceptors (Lipinski definition) is 7. The van der Waals surface area contributed by atoms with Gasteiger partial charge in [0.05, 0.1) is 24.0 Å². The standard InChI is InChI=1S/C22H16ClN5O2S2/c1-30-18-5-3-2-4-17(18)20-26-27-22(28(20)16-8-6-15(23)7-9-16)32-13-19(29)25-21-14(12-24)10-11-31-21/h2-11H,13H2,1H3,(H,25,29). The Morgan fingerprint density at radius 2 is 2.00 bits per heavy atom. The van der Waals surface area contributed by atoms with E-state index in [1.54, 1.807) is 30.7 Å². The molecule has 2 aromatic heterocycles. The lowest BCUT2D eigenvalue weighted by Crippen LogP contribution is -2.14. The maximum Gasteiger partial charge on any atom is 0.235 e. The predicted molar refractivity (Wildman–Crippen MR) is 127 cm³/mol. The minimum absolute atomic E-state index is 0.0976. The topological polar surface area (TPSA) is 92.8 Å². The van der Waals surface area contributed by atoms with Crippen LogP contribution in [-0.4, -0.2) is 33.5 Å². The van der Waals surface area contributed by atoms with Crippen molar-refractivity contribution in [1.29, 1.82) is 5.26 Å². The molecule has 7 nitrogen and oxygen atoms in total. The zero-order chi connectivity index (χ0) is 22.5. The molecule has 4 aromatic rings. The highest BCUT2D eigenvalue weighted by Gasteiger charge is 2.20. The Morgan fingerprint density at radius 1 is 1.22 bits per heavy atom. The smallest absolute Gasteiger partial charge is 0.235 e. The Bertz CT molecular complexity index is 1290. The van der Waals surface area contributed by atoms with Crippen molar-refractivity contribution in [2.75, 3.05) is 18.2 Å². The number of amides is 1. The van der Waals surface area contributed by atoms with E-state index < -0.39 is 0 Å². The predicted octanol–water partition coefficient (Wildman–Crippen LogP) is 5.26. The number of anilines is 1. The Morgan fingerprint density at radius 3 is 2.75 bits per heavy atom. The van der Waals surface area contributed by atoms with Crippen LogP contribution in [0.5, 0.6) is 5.75 Å². The van der Waals surface area contributed by atoms with E-state index in [0.29, 0.717) is 32.3 Å². The number of nitriles is 1. The molecule has 1 N–H and O–H groups in total. The number of rotatable bonds is 7. The van der Waals surface area contributed by atoms with Gasteiger partial charge in [-0.2, -0.15) is 5.26 Å². The average Bonchev–Trinajstić information content (AvgIpc) is 3.44. The molecule has 0 saturated heterocycles. The molecule has 2 heterocycles. The Kier molecular flexibility index (Phi) is 6.75. The largest absolute Gasteiger partial charge is 0.496 e. The third-order valence-electron chi connectivity index (χ3n) is 4.44. The quantitative estimate of drug-likeness (QED) is 0.362. The molecule has 0 bridgehead atoms. The summed E-state index contributed by atoms with van der Waals surface area (Å²) in [5.74, 6) is 1.10. The van der Waals surface area contributed by atoms with Gasteiger partial charge in [-0.15, -0.1) is 21.5 Å². The molecule has 0 radical (unpaired) electrons. The van der Waals surface area contributed by atoms with E-state index in [-0.39, 0.29) is 11.7 Å². The molecular formula is C22H16ClN5O2S2. The fraction of sp³-hybridized carbons (Fsp3) is 0.0909. The van der Waals surface area contributed by atoms with Gasteiger partial charge in [0.2, 0.25) is 5.91 Å². The third kappa shape index (κ3) is 4.62. The van der Waals surface area contributed by atoms with Gasteiger partial charge in [0, 0.05) is 10.7 Å². The number of nitrogens with zero attached hydrogens (tertiary/aromatic N) is 4. The van der Waals surface area contributed by atoms with E-state index in [9.17, 15) is 4.79 Å². The lowest BCUT2D eigenvalue weighted by molar-refractivity contribution is -0.113. The van der Waals surface area contributed by atoms with E-state index >= 15 is 0 Å². The van der Waals surface area contributed by atoms with Crippen LogP contribution in [0.3, 0.4) is 0 Å². The van der Waals surface area contributed by atoms with Gasteiger partial charge in [0.15, 0.2) is 11.0 Å². The summed E-state index contributed by atoms with van der Waals surface area (Å²) in [7, 11) is 1.60. The number of thioether (sulfide) groups is 1. The number of thiophene rings is 1. The molecule has 10 heteroatoms. The van der Waals surface area contributed by atoms with E-state index in [1.165, 1.54) is 23.1 Å². The zero-order valence-corrected chi connectivity index (χ0v) is 19.2. The van der Waals surface area contributed by atoms with Gasteiger partial charge >= 0.3 is 0 Å². The van der Waals surface area contributed by atoms with Crippen LogP contribution in [-0.2, 0) is 4.79 Å². The normalized spacial score (nSPS) is 10.5. The number of benzene rings is 2. The van der Waals surface area contributed by atoms with E-state index in [4.69, 9.17) is 21.6 Å².